The second kappa shape index (κ2) is 5.80. The Morgan fingerprint density at radius 3 is 3.00 bits per heavy atom. The molecule has 2 rings (SSSR count). The van der Waals surface area contributed by atoms with Gasteiger partial charge in [-0.2, -0.15) is 0 Å². The van der Waals surface area contributed by atoms with Crippen LogP contribution in [0.3, 0.4) is 0 Å². The van der Waals surface area contributed by atoms with E-state index in [0.29, 0.717) is 18.0 Å². The van der Waals surface area contributed by atoms with Crippen LogP contribution in [-0.2, 0) is 11.3 Å². The lowest BCUT2D eigenvalue weighted by atomic mass is 9.97. The van der Waals surface area contributed by atoms with E-state index < -0.39 is 0 Å². The third kappa shape index (κ3) is 3.09. The van der Waals surface area contributed by atoms with Gasteiger partial charge < -0.3 is 10.6 Å². The molecule has 3 nitrogen and oxygen atoms in total. The van der Waals surface area contributed by atoms with Gasteiger partial charge in [0.05, 0.1) is 5.92 Å². The third-order valence-corrected chi connectivity index (χ3v) is 3.81. The number of benzene rings is 1. The molecule has 1 aliphatic heterocycles. The first-order valence-corrected chi connectivity index (χ1v) is 6.79. The predicted molar refractivity (Wildman–Crippen MR) is 71.5 cm³/mol. The number of hydrogen-bond donors (Lipinski definition) is 2. The second-order valence-electron chi connectivity index (χ2n) is 4.70. The molecule has 0 spiro atoms. The quantitative estimate of drug-likeness (QED) is 0.896. The molecule has 1 aromatic rings. The van der Waals surface area contributed by atoms with E-state index in [1.807, 2.05) is 6.92 Å². The van der Waals surface area contributed by atoms with Gasteiger partial charge in [0.15, 0.2) is 0 Å². The van der Waals surface area contributed by atoms with Gasteiger partial charge in [-0.25, -0.2) is 4.39 Å². The van der Waals surface area contributed by atoms with Crippen LogP contribution in [0.15, 0.2) is 22.7 Å². The standard InChI is InChI=1S/C13H16BrFN2O/c1-8-5-16-7-11(8)13(18)17-6-9-4-10(14)2-3-12(9)15/h2-4,8,11,16H,5-7H2,1H3,(H,17,18). The fraction of sp³-hybridized carbons (Fsp3) is 0.462. The fourth-order valence-corrected chi connectivity index (χ4v) is 2.56. The van der Waals surface area contributed by atoms with Crippen LogP contribution < -0.4 is 10.6 Å². The van der Waals surface area contributed by atoms with Gasteiger partial charge in [0.25, 0.3) is 0 Å². The molecular formula is C13H16BrFN2O. The monoisotopic (exact) mass is 314 g/mol. The summed E-state index contributed by atoms with van der Waals surface area (Å²) in [4.78, 5) is 11.9. The van der Waals surface area contributed by atoms with Crippen LogP contribution in [0.1, 0.15) is 12.5 Å². The molecule has 98 valence electrons. The van der Waals surface area contributed by atoms with Crippen molar-refractivity contribution in [3.05, 3.63) is 34.1 Å². The minimum atomic E-state index is -0.295. The molecule has 1 heterocycles. The Morgan fingerprint density at radius 1 is 1.56 bits per heavy atom. The highest BCUT2D eigenvalue weighted by molar-refractivity contribution is 9.10. The molecule has 5 heteroatoms. The van der Waals surface area contributed by atoms with Gasteiger partial charge in [-0.15, -0.1) is 0 Å². The SMILES string of the molecule is CC1CNCC1C(=O)NCc1cc(Br)ccc1F. The van der Waals surface area contributed by atoms with E-state index in [4.69, 9.17) is 0 Å². The van der Waals surface area contributed by atoms with Crippen LogP contribution in [0.25, 0.3) is 0 Å². The smallest absolute Gasteiger partial charge is 0.224 e. The first-order valence-electron chi connectivity index (χ1n) is 6.00. The summed E-state index contributed by atoms with van der Waals surface area (Å²) >= 11 is 3.29. The van der Waals surface area contributed by atoms with Gasteiger partial charge in [0, 0.05) is 23.1 Å². The van der Waals surface area contributed by atoms with Crippen molar-refractivity contribution in [2.75, 3.05) is 13.1 Å². The molecule has 0 aliphatic carbocycles. The minimum absolute atomic E-state index is 0.00752. The van der Waals surface area contributed by atoms with Crippen molar-refractivity contribution in [1.82, 2.24) is 10.6 Å². The van der Waals surface area contributed by atoms with Crippen LogP contribution in [-0.4, -0.2) is 19.0 Å². The molecule has 2 atom stereocenters. The van der Waals surface area contributed by atoms with Crippen LogP contribution in [0.5, 0.6) is 0 Å². The normalized spacial score (nSPS) is 23.1. The number of rotatable bonds is 3. The number of carbonyl (C=O) groups excluding carboxylic acids is 1. The zero-order valence-electron chi connectivity index (χ0n) is 10.2. The maximum Gasteiger partial charge on any atom is 0.224 e. The molecule has 0 radical (unpaired) electrons. The van der Waals surface area contributed by atoms with E-state index in [1.54, 1.807) is 12.1 Å². The van der Waals surface area contributed by atoms with Gasteiger partial charge in [-0.3, -0.25) is 4.79 Å². The first kappa shape index (κ1) is 13.5. The molecule has 0 saturated carbocycles. The maximum absolute atomic E-state index is 13.5. The lowest BCUT2D eigenvalue weighted by Gasteiger charge is -2.14. The predicted octanol–water partition coefficient (Wildman–Crippen LogP) is 2.06. The molecule has 1 aliphatic rings. The van der Waals surface area contributed by atoms with Crippen molar-refractivity contribution < 1.29 is 9.18 Å². The molecule has 1 amide bonds. The highest BCUT2D eigenvalue weighted by Crippen LogP contribution is 2.18. The number of nitrogens with one attached hydrogen (secondary N) is 2. The van der Waals surface area contributed by atoms with Gasteiger partial charge >= 0.3 is 0 Å². The Labute approximate surface area is 114 Å². The van der Waals surface area contributed by atoms with E-state index in [2.05, 4.69) is 26.6 Å². The average molecular weight is 315 g/mol. The van der Waals surface area contributed by atoms with Crippen molar-refractivity contribution in [3.8, 4) is 0 Å². The second-order valence-corrected chi connectivity index (χ2v) is 5.61. The van der Waals surface area contributed by atoms with Crippen molar-refractivity contribution in [2.24, 2.45) is 11.8 Å². The molecule has 18 heavy (non-hydrogen) atoms. The van der Waals surface area contributed by atoms with E-state index in [0.717, 1.165) is 11.0 Å². The van der Waals surface area contributed by atoms with Crippen LogP contribution in [0.2, 0.25) is 0 Å². The number of carbonyl (C=O) groups is 1. The Morgan fingerprint density at radius 2 is 2.33 bits per heavy atom. The lowest BCUT2D eigenvalue weighted by molar-refractivity contribution is -0.125. The molecular weight excluding hydrogens is 299 g/mol. The van der Waals surface area contributed by atoms with Gasteiger partial charge in [0.1, 0.15) is 5.82 Å². The van der Waals surface area contributed by atoms with Gasteiger partial charge in [-0.1, -0.05) is 22.9 Å². The zero-order chi connectivity index (χ0) is 13.1. The van der Waals surface area contributed by atoms with Crippen LogP contribution >= 0.6 is 15.9 Å². The maximum atomic E-state index is 13.5. The van der Waals surface area contributed by atoms with E-state index in [-0.39, 0.29) is 24.2 Å². The topological polar surface area (TPSA) is 41.1 Å². The number of amides is 1. The molecule has 2 unspecified atom stereocenters. The van der Waals surface area contributed by atoms with Gasteiger partial charge in [-0.05, 0) is 30.7 Å². The summed E-state index contributed by atoms with van der Waals surface area (Å²) in [6.45, 7) is 3.84. The molecule has 1 aromatic carbocycles. The zero-order valence-corrected chi connectivity index (χ0v) is 11.8. The largest absolute Gasteiger partial charge is 0.352 e. The summed E-state index contributed by atoms with van der Waals surface area (Å²) < 4.78 is 14.3. The Hall–Kier alpha value is -0.940. The Kier molecular flexibility index (Phi) is 4.35. The molecule has 0 aromatic heterocycles. The minimum Gasteiger partial charge on any atom is -0.352 e. The van der Waals surface area contributed by atoms with Crippen LogP contribution in [0, 0.1) is 17.7 Å². The summed E-state index contributed by atoms with van der Waals surface area (Å²) in [6, 6.07) is 4.72. The van der Waals surface area contributed by atoms with E-state index >= 15 is 0 Å². The third-order valence-electron chi connectivity index (χ3n) is 3.32. The first-order chi connectivity index (χ1) is 8.58. The van der Waals surface area contributed by atoms with Crippen molar-refractivity contribution >= 4 is 21.8 Å². The Bertz CT molecular complexity index is 453. The summed E-state index contributed by atoms with van der Waals surface area (Å²) in [7, 11) is 0. The summed E-state index contributed by atoms with van der Waals surface area (Å²) in [6.07, 6.45) is 0. The highest BCUT2D eigenvalue weighted by atomic mass is 79.9. The lowest BCUT2D eigenvalue weighted by Crippen LogP contribution is -2.34. The van der Waals surface area contributed by atoms with Crippen molar-refractivity contribution in [1.29, 1.82) is 0 Å². The van der Waals surface area contributed by atoms with E-state index in [9.17, 15) is 9.18 Å². The molecule has 1 fully saturated rings. The summed E-state index contributed by atoms with van der Waals surface area (Å²) in [5.41, 5.74) is 0.497. The fourth-order valence-electron chi connectivity index (χ4n) is 2.15. The summed E-state index contributed by atoms with van der Waals surface area (Å²) in [5, 5.41) is 5.98. The molecule has 1 saturated heterocycles. The molecule has 2 N–H and O–H groups in total. The number of halogens is 2. The van der Waals surface area contributed by atoms with Crippen LogP contribution in [0.4, 0.5) is 4.39 Å². The van der Waals surface area contributed by atoms with Crippen molar-refractivity contribution in [2.45, 2.75) is 13.5 Å². The Balaban J connectivity index is 1.95. The van der Waals surface area contributed by atoms with Gasteiger partial charge in [0.2, 0.25) is 5.91 Å². The van der Waals surface area contributed by atoms with E-state index in [1.165, 1.54) is 6.07 Å². The summed E-state index contributed by atoms with van der Waals surface area (Å²) in [5.74, 6) is 0.0144. The average Bonchev–Trinajstić information content (AvgIpc) is 2.76. The van der Waals surface area contributed by atoms with Crippen molar-refractivity contribution in [3.63, 3.8) is 0 Å². The highest BCUT2D eigenvalue weighted by Gasteiger charge is 2.29. The molecule has 0 bridgehead atoms. The number of hydrogen-bond acceptors (Lipinski definition) is 2.